The molecule has 1 aromatic heterocycles. The number of carbonyl (C=O) groups excluding carboxylic acids is 1. The summed E-state index contributed by atoms with van der Waals surface area (Å²) in [4.78, 5) is 12.6. The predicted molar refractivity (Wildman–Crippen MR) is 118 cm³/mol. The highest BCUT2D eigenvalue weighted by molar-refractivity contribution is 6.04. The molecule has 0 spiro atoms. The molecule has 0 atom stereocenters. The molecular weight excluding hydrogens is 398 g/mol. The number of anilines is 1. The molecule has 8 heteroatoms. The van der Waals surface area contributed by atoms with Crippen LogP contribution in [0, 0.1) is 0 Å². The van der Waals surface area contributed by atoms with Crippen molar-refractivity contribution in [2.24, 2.45) is 0 Å². The molecule has 3 rings (SSSR count). The van der Waals surface area contributed by atoms with E-state index in [1.807, 2.05) is 32.0 Å². The summed E-state index contributed by atoms with van der Waals surface area (Å²) < 4.78 is 23.5. The number of methoxy groups -OCH3 is 2. The van der Waals surface area contributed by atoms with Crippen molar-refractivity contribution >= 4 is 11.6 Å². The van der Waals surface area contributed by atoms with E-state index >= 15 is 0 Å². The first-order chi connectivity index (χ1) is 15.1. The van der Waals surface area contributed by atoms with Gasteiger partial charge in [-0.3, -0.25) is 9.48 Å². The highest BCUT2D eigenvalue weighted by atomic mass is 16.5. The predicted octanol–water partition coefficient (Wildman–Crippen LogP) is 4.00. The first kappa shape index (κ1) is 22.0. The van der Waals surface area contributed by atoms with Crippen molar-refractivity contribution in [1.82, 2.24) is 9.78 Å². The number of nitrogens with one attached hydrogen (secondary N) is 1. The van der Waals surface area contributed by atoms with Crippen LogP contribution in [0.15, 0.2) is 48.8 Å². The van der Waals surface area contributed by atoms with Gasteiger partial charge in [0.2, 0.25) is 0 Å². The van der Waals surface area contributed by atoms with Crippen LogP contribution in [-0.2, 0) is 6.54 Å². The zero-order valence-electron chi connectivity index (χ0n) is 18.2. The van der Waals surface area contributed by atoms with E-state index in [-0.39, 0.29) is 5.91 Å². The SMILES string of the molecule is CCOc1ccc(Cn2cc(NC(=O)c3cc(OC)cc(OC)c3)cn2)cc1OCC. The van der Waals surface area contributed by atoms with Crippen molar-refractivity contribution in [3.05, 3.63) is 59.9 Å². The smallest absolute Gasteiger partial charge is 0.256 e. The van der Waals surface area contributed by atoms with Crippen molar-refractivity contribution in [2.45, 2.75) is 20.4 Å². The first-order valence-electron chi connectivity index (χ1n) is 10.0. The van der Waals surface area contributed by atoms with E-state index in [9.17, 15) is 4.79 Å². The van der Waals surface area contributed by atoms with Crippen LogP contribution in [0.2, 0.25) is 0 Å². The fourth-order valence-corrected chi connectivity index (χ4v) is 3.04. The Morgan fingerprint density at radius 3 is 2.29 bits per heavy atom. The minimum atomic E-state index is -0.281. The number of hydrogen-bond acceptors (Lipinski definition) is 6. The van der Waals surface area contributed by atoms with Crippen LogP contribution >= 0.6 is 0 Å². The summed E-state index contributed by atoms with van der Waals surface area (Å²) in [6.45, 7) is 5.51. The van der Waals surface area contributed by atoms with E-state index in [0.717, 1.165) is 11.3 Å². The normalized spacial score (nSPS) is 10.5. The molecule has 1 heterocycles. The Hall–Kier alpha value is -3.68. The number of nitrogens with zero attached hydrogens (tertiary/aromatic N) is 2. The van der Waals surface area contributed by atoms with E-state index in [4.69, 9.17) is 18.9 Å². The maximum absolute atomic E-state index is 12.6. The van der Waals surface area contributed by atoms with Crippen molar-refractivity contribution < 1.29 is 23.7 Å². The summed E-state index contributed by atoms with van der Waals surface area (Å²) >= 11 is 0. The Morgan fingerprint density at radius 2 is 1.65 bits per heavy atom. The molecule has 3 aromatic rings. The quantitative estimate of drug-likeness (QED) is 0.529. The molecule has 0 aliphatic rings. The number of ether oxygens (including phenoxy) is 4. The number of aromatic nitrogens is 2. The van der Waals surface area contributed by atoms with Gasteiger partial charge in [-0.05, 0) is 43.7 Å². The summed E-state index contributed by atoms with van der Waals surface area (Å²) in [6, 6.07) is 10.8. The zero-order valence-corrected chi connectivity index (χ0v) is 18.2. The number of carbonyl (C=O) groups is 1. The largest absolute Gasteiger partial charge is 0.497 e. The van der Waals surface area contributed by atoms with Crippen molar-refractivity contribution in [3.63, 3.8) is 0 Å². The molecule has 2 aromatic carbocycles. The van der Waals surface area contributed by atoms with Crippen molar-refractivity contribution in [3.8, 4) is 23.0 Å². The molecule has 0 bridgehead atoms. The average molecular weight is 425 g/mol. The minimum Gasteiger partial charge on any atom is -0.497 e. The van der Waals surface area contributed by atoms with E-state index in [1.165, 1.54) is 0 Å². The lowest BCUT2D eigenvalue weighted by Gasteiger charge is -2.12. The van der Waals surface area contributed by atoms with Gasteiger partial charge in [0, 0.05) is 17.8 Å². The summed E-state index contributed by atoms with van der Waals surface area (Å²) in [7, 11) is 3.08. The van der Waals surface area contributed by atoms with E-state index < -0.39 is 0 Å². The van der Waals surface area contributed by atoms with Crippen LogP contribution < -0.4 is 24.3 Å². The topological polar surface area (TPSA) is 83.8 Å². The number of benzene rings is 2. The Balaban J connectivity index is 1.71. The van der Waals surface area contributed by atoms with E-state index in [1.54, 1.807) is 49.5 Å². The molecule has 8 nitrogen and oxygen atoms in total. The maximum Gasteiger partial charge on any atom is 0.256 e. The van der Waals surface area contributed by atoms with Gasteiger partial charge in [0.05, 0.1) is 45.9 Å². The third kappa shape index (κ3) is 5.69. The second-order valence-electron chi connectivity index (χ2n) is 6.63. The van der Waals surface area contributed by atoms with Gasteiger partial charge in [-0.15, -0.1) is 0 Å². The lowest BCUT2D eigenvalue weighted by Crippen LogP contribution is -2.12. The maximum atomic E-state index is 12.6. The summed E-state index contributed by atoms with van der Waals surface area (Å²) in [6.07, 6.45) is 3.37. The number of rotatable bonds is 10. The van der Waals surface area contributed by atoms with Crippen LogP contribution in [0.4, 0.5) is 5.69 Å². The molecule has 0 aliphatic carbocycles. The van der Waals surface area contributed by atoms with Gasteiger partial charge in [-0.25, -0.2) is 0 Å². The van der Waals surface area contributed by atoms with Gasteiger partial charge in [0.15, 0.2) is 11.5 Å². The third-order valence-electron chi connectivity index (χ3n) is 4.46. The second-order valence-corrected chi connectivity index (χ2v) is 6.63. The molecule has 0 aliphatic heterocycles. The fraction of sp³-hybridized carbons (Fsp3) is 0.304. The van der Waals surface area contributed by atoms with E-state index in [0.29, 0.717) is 48.3 Å². The average Bonchev–Trinajstić information content (AvgIpc) is 3.22. The summed E-state index contributed by atoms with van der Waals surface area (Å²) in [5, 5.41) is 7.19. The molecule has 0 unspecified atom stereocenters. The van der Waals surface area contributed by atoms with E-state index in [2.05, 4.69) is 10.4 Å². The summed E-state index contributed by atoms with van der Waals surface area (Å²) in [5.41, 5.74) is 2.02. The van der Waals surface area contributed by atoms with Crippen LogP contribution in [0.5, 0.6) is 23.0 Å². The van der Waals surface area contributed by atoms with Gasteiger partial charge in [0.1, 0.15) is 11.5 Å². The molecule has 0 saturated carbocycles. The number of amides is 1. The van der Waals surface area contributed by atoms with Gasteiger partial charge in [-0.1, -0.05) is 6.07 Å². The Labute approximate surface area is 181 Å². The van der Waals surface area contributed by atoms with Crippen LogP contribution in [0.25, 0.3) is 0 Å². The van der Waals surface area contributed by atoms with Gasteiger partial charge >= 0.3 is 0 Å². The lowest BCUT2D eigenvalue weighted by molar-refractivity contribution is 0.102. The molecule has 0 radical (unpaired) electrons. The molecule has 0 fully saturated rings. The fourth-order valence-electron chi connectivity index (χ4n) is 3.04. The molecular formula is C23H27N3O5. The second kappa shape index (κ2) is 10.4. The monoisotopic (exact) mass is 425 g/mol. The molecule has 0 saturated heterocycles. The highest BCUT2D eigenvalue weighted by Crippen LogP contribution is 2.29. The molecule has 1 N–H and O–H groups in total. The standard InChI is InChI=1S/C23H27N3O5/c1-5-30-21-8-7-16(9-22(21)31-6-2)14-26-15-18(13-24-26)25-23(27)17-10-19(28-3)12-20(11-17)29-4/h7-13,15H,5-6,14H2,1-4H3,(H,25,27). The lowest BCUT2D eigenvalue weighted by atomic mass is 10.2. The van der Waals surface area contributed by atoms with Crippen molar-refractivity contribution in [2.75, 3.05) is 32.8 Å². The molecule has 1 amide bonds. The third-order valence-corrected chi connectivity index (χ3v) is 4.46. The zero-order chi connectivity index (χ0) is 22.2. The molecule has 31 heavy (non-hydrogen) atoms. The minimum absolute atomic E-state index is 0.281. The summed E-state index contributed by atoms with van der Waals surface area (Å²) in [5.74, 6) is 2.22. The Morgan fingerprint density at radius 1 is 0.968 bits per heavy atom. The van der Waals surface area contributed by atoms with Gasteiger partial charge < -0.3 is 24.3 Å². The van der Waals surface area contributed by atoms with Gasteiger partial charge in [-0.2, -0.15) is 5.10 Å². The number of hydrogen-bond donors (Lipinski definition) is 1. The molecule has 164 valence electrons. The highest BCUT2D eigenvalue weighted by Gasteiger charge is 2.12. The van der Waals surface area contributed by atoms with Crippen LogP contribution in [-0.4, -0.2) is 43.1 Å². The van der Waals surface area contributed by atoms with Gasteiger partial charge in [0.25, 0.3) is 5.91 Å². The van der Waals surface area contributed by atoms with Crippen molar-refractivity contribution in [1.29, 1.82) is 0 Å². The Kier molecular flexibility index (Phi) is 7.37. The van der Waals surface area contributed by atoms with Crippen LogP contribution in [0.1, 0.15) is 29.8 Å². The van der Waals surface area contributed by atoms with Crippen LogP contribution in [0.3, 0.4) is 0 Å². The Bertz CT molecular complexity index is 1010. The first-order valence-corrected chi connectivity index (χ1v) is 10.0.